The largest absolute Gasteiger partial charge is 0.485 e. The fourth-order valence-electron chi connectivity index (χ4n) is 4.26. The predicted molar refractivity (Wildman–Crippen MR) is 119 cm³/mol. The topological polar surface area (TPSA) is 69.0 Å². The fraction of sp³-hybridized carbons (Fsp3) is 0.591. The summed E-state index contributed by atoms with van der Waals surface area (Å²) in [6.07, 6.45) is 8.93. The number of aromatic nitrogens is 3. The number of halogens is 1. The van der Waals surface area contributed by atoms with Crippen LogP contribution in [0.5, 0.6) is 5.75 Å². The van der Waals surface area contributed by atoms with E-state index >= 15 is 0 Å². The van der Waals surface area contributed by atoms with Crippen LogP contribution in [0.4, 0.5) is 0 Å². The van der Waals surface area contributed by atoms with E-state index in [1.165, 1.54) is 19.3 Å². The number of carbonyl (C=O) groups is 1. The molecule has 1 aromatic heterocycles. The van der Waals surface area contributed by atoms with Crippen molar-refractivity contribution in [3.63, 3.8) is 0 Å². The normalized spacial score (nSPS) is 20.6. The summed E-state index contributed by atoms with van der Waals surface area (Å²) >= 11 is 7.62. The van der Waals surface area contributed by atoms with Crippen molar-refractivity contribution in [2.24, 2.45) is 0 Å². The van der Waals surface area contributed by atoms with Crippen LogP contribution in [0.15, 0.2) is 23.4 Å². The van der Waals surface area contributed by atoms with Gasteiger partial charge in [0.15, 0.2) is 11.0 Å². The molecule has 0 bridgehead atoms. The second-order valence-electron chi connectivity index (χ2n) is 8.15. The maximum Gasteiger partial charge on any atom is 0.233 e. The molecule has 1 N–H and O–H groups in total. The average Bonchev–Trinajstić information content (AvgIpc) is 3.03. The van der Waals surface area contributed by atoms with Crippen LogP contribution >= 0.6 is 23.4 Å². The number of amides is 1. The van der Waals surface area contributed by atoms with E-state index in [0.717, 1.165) is 60.9 Å². The molecule has 30 heavy (non-hydrogen) atoms. The number of ether oxygens (including phenoxy) is 1. The van der Waals surface area contributed by atoms with Crippen LogP contribution in [-0.2, 0) is 11.4 Å². The molecule has 8 heteroatoms. The van der Waals surface area contributed by atoms with Crippen LogP contribution in [0.25, 0.3) is 0 Å². The monoisotopic (exact) mass is 448 g/mol. The Morgan fingerprint density at radius 1 is 1.17 bits per heavy atom. The van der Waals surface area contributed by atoms with Crippen LogP contribution in [-0.4, -0.2) is 32.5 Å². The van der Waals surface area contributed by atoms with Gasteiger partial charge >= 0.3 is 0 Å². The number of hydrogen-bond acceptors (Lipinski definition) is 5. The van der Waals surface area contributed by atoms with Crippen molar-refractivity contribution in [3.05, 3.63) is 34.6 Å². The molecule has 1 aliphatic carbocycles. The smallest absolute Gasteiger partial charge is 0.233 e. The molecule has 1 atom stereocenters. The minimum absolute atomic E-state index is 0.105. The van der Waals surface area contributed by atoms with Crippen molar-refractivity contribution in [3.8, 4) is 5.75 Å². The lowest BCUT2D eigenvalue weighted by Gasteiger charge is -2.26. The summed E-state index contributed by atoms with van der Waals surface area (Å²) in [5, 5.41) is 13.4. The van der Waals surface area contributed by atoms with E-state index in [2.05, 4.69) is 20.1 Å². The van der Waals surface area contributed by atoms with Crippen LogP contribution in [0.3, 0.4) is 0 Å². The Labute approximate surface area is 187 Å². The van der Waals surface area contributed by atoms with Crippen molar-refractivity contribution < 1.29 is 9.53 Å². The zero-order chi connectivity index (χ0) is 20.9. The average molecular weight is 449 g/mol. The summed E-state index contributed by atoms with van der Waals surface area (Å²) in [6.45, 7) is 3.10. The Bertz CT molecular complexity index is 882. The molecule has 0 unspecified atom stereocenters. The number of nitrogens with zero attached hydrogens (tertiary/aromatic N) is 3. The number of hydrogen-bond donors (Lipinski definition) is 1. The van der Waals surface area contributed by atoms with Crippen molar-refractivity contribution in [2.75, 3.05) is 6.54 Å². The SMILES string of the molecule is Cc1cc(Cl)ccc1OCc1nnc(S[C@@H]2CCCCNC2=O)n1C1CCCCC1. The van der Waals surface area contributed by atoms with Crippen LogP contribution in [0.1, 0.15) is 68.8 Å². The standard InChI is InChI=1S/C22H29ClN4O2S/c1-15-13-16(23)10-11-18(15)29-14-20-25-26-22(27(20)17-7-3-2-4-8-17)30-19-9-5-6-12-24-21(19)28/h10-11,13,17,19H,2-9,12,14H2,1H3,(H,24,28)/t19-/m1/s1. The molecule has 1 aromatic carbocycles. The Kier molecular flexibility index (Phi) is 7.20. The summed E-state index contributed by atoms with van der Waals surface area (Å²) in [5.41, 5.74) is 0.996. The van der Waals surface area contributed by atoms with Gasteiger partial charge in [0.1, 0.15) is 12.4 Å². The predicted octanol–water partition coefficient (Wildman–Crippen LogP) is 5.08. The fourth-order valence-corrected chi connectivity index (χ4v) is 5.67. The molecule has 2 fully saturated rings. The van der Waals surface area contributed by atoms with E-state index in [4.69, 9.17) is 16.3 Å². The third-order valence-electron chi connectivity index (χ3n) is 5.90. The Balaban J connectivity index is 1.55. The molecule has 162 valence electrons. The van der Waals surface area contributed by atoms with Crippen LogP contribution in [0.2, 0.25) is 5.02 Å². The van der Waals surface area contributed by atoms with Crippen molar-refractivity contribution in [1.29, 1.82) is 0 Å². The highest BCUT2D eigenvalue weighted by Gasteiger charge is 2.28. The Morgan fingerprint density at radius 2 is 1.97 bits per heavy atom. The highest BCUT2D eigenvalue weighted by molar-refractivity contribution is 8.00. The number of aryl methyl sites for hydroxylation is 1. The second-order valence-corrected chi connectivity index (χ2v) is 9.76. The highest BCUT2D eigenvalue weighted by atomic mass is 35.5. The van der Waals surface area contributed by atoms with Gasteiger partial charge in [0.05, 0.1) is 5.25 Å². The molecule has 0 radical (unpaired) electrons. The van der Waals surface area contributed by atoms with Gasteiger partial charge in [-0.05, 0) is 56.4 Å². The number of rotatable bonds is 6. The lowest BCUT2D eigenvalue weighted by Crippen LogP contribution is -2.31. The van der Waals surface area contributed by atoms with E-state index in [1.54, 1.807) is 11.8 Å². The molecule has 2 aliphatic rings. The zero-order valence-electron chi connectivity index (χ0n) is 17.4. The number of thioether (sulfide) groups is 1. The first-order valence-electron chi connectivity index (χ1n) is 10.9. The molecule has 1 amide bonds. The first-order valence-corrected chi connectivity index (χ1v) is 12.1. The van der Waals surface area contributed by atoms with Crippen LogP contribution < -0.4 is 10.1 Å². The first kappa shape index (κ1) is 21.5. The summed E-state index contributed by atoms with van der Waals surface area (Å²) < 4.78 is 8.33. The molecule has 2 aromatic rings. The Hall–Kier alpha value is -1.73. The zero-order valence-corrected chi connectivity index (χ0v) is 19.0. The van der Waals surface area contributed by atoms with Crippen molar-refractivity contribution in [2.45, 2.75) is 81.3 Å². The van der Waals surface area contributed by atoms with Crippen molar-refractivity contribution in [1.82, 2.24) is 20.1 Å². The quantitative estimate of drug-likeness (QED) is 0.666. The lowest BCUT2D eigenvalue weighted by atomic mass is 9.95. The molecule has 1 saturated carbocycles. The molecule has 4 rings (SSSR count). The van der Waals surface area contributed by atoms with E-state index in [-0.39, 0.29) is 11.2 Å². The van der Waals surface area contributed by atoms with Crippen LogP contribution in [0, 0.1) is 6.92 Å². The summed E-state index contributed by atoms with van der Waals surface area (Å²) in [6, 6.07) is 6.00. The van der Waals surface area contributed by atoms with Gasteiger partial charge in [-0.15, -0.1) is 10.2 Å². The summed E-state index contributed by atoms with van der Waals surface area (Å²) in [5.74, 6) is 1.74. The molecular weight excluding hydrogens is 420 g/mol. The van der Waals surface area contributed by atoms with Gasteiger partial charge in [-0.25, -0.2) is 0 Å². The maximum absolute atomic E-state index is 12.5. The second kappa shape index (κ2) is 10.1. The third-order valence-corrected chi connectivity index (χ3v) is 7.36. The lowest BCUT2D eigenvalue weighted by molar-refractivity contribution is -0.120. The molecular formula is C22H29ClN4O2S. The van der Waals surface area contributed by atoms with Gasteiger partial charge in [-0.3, -0.25) is 9.36 Å². The van der Waals surface area contributed by atoms with Gasteiger partial charge in [-0.2, -0.15) is 0 Å². The third kappa shape index (κ3) is 5.11. The van der Waals surface area contributed by atoms with Crippen molar-refractivity contribution >= 4 is 29.3 Å². The van der Waals surface area contributed by atoms with Gasteiger partial charge < -0.3 is 10.1 Å². The number of carbonyl (C=O) groups excluding carboxylic acids is 1. The van der Waals surface area contributed by atoms with Gasteiger partial charge in [0.2, 0.25) is 5.91 Å². The molecule has 2 heterocycles. The molecule has 0 spiro atoms. The minimum Gasteiger partial charge on any atom is -0.485 e. The number of benzene rings is 1. The van der Waals surface area contributed by atoms with E-state index in [0.29, 0.717) is 17.7 Å². The molecule has 6 nitrogen and oxygen atoms in total. The summed E-state index contributed by atoms with van der Waals surface area (Å²) in [4.78, 5) is 12.5. The molecule has 1 aliphatic heterocycles. The van der Waals surface area contributed by atoms with E-state index < -0.39 is 0 Å². The maximum atomic E-state index is 12.5. The minimum atomic E-state index is -0.105. The van der Waals surface area contributed by atoms with Gasteiger partial charge in [0, 0.05) is 17.6 Å². The molecule has 1 saturated heterocycles. The van der Waals surface area contributed by atoms with E-state index in [1.807, 2.05) is 25.1 Å². The first-order chi connectivity index (χ1) is 14.6. The van der Waals surface area contributed by atoms with Gasteiger partial charge in [0.25, 0.3) is 0 Å². The van der Waals surface area contributed by atoms with E-state index in [9.17, 15) is 4.79 Å². The number of nitrogens with one attached hydrogen (secondary N) is 1. The highest BCUT2D eigenvalue weighted by Crippen LogP contribution is 2.35. The van der Waals surface area contributed by atoms with Gasteiger partial charge in [-0.1, -0.05) is 49.0 Å². The Morgan fingerprint density at radius 3 is 2.77 bits per heavy atom. The summed E-state index contributed by atoms with van der Waals surface area (Å²) in [7, 11) is 0.